The van der Waals surface area contributed by atoms with Gasteiger partial charge in [0.25, 0.3) is 0 Å². The van der Waals surface area contributed by atoms with Gasteiger partial charge in [0.2, 0.25) is 0 Å². The highest BCUT2D eigenvalue weighted by atomic mass is 19.1. The largest absolute Gasteiger partial charge is 0.507 e. The number of hydrogen-bond donors (Lipinski definition) is 1. The van der Waals surface area contributed by atoms with Crippen molar-refractivity contribution in [2.24, 2.45) is 0 Å². The number of phenolic OH excluding ortho intramolecular Hbond substituents is 1. The van der Waals surface area contributed by atoms with Crippen LogP contribution in [0, 0.1) is 5.82 Å². The summed E-state index contributed by atoms with van der Waals surface area (Å²) in [5, 5.41) is 14.0. The summed E-state index contributed by atoms with van der Waals surface area (Å²) < 4.78 is 15.7. The molecule has 0 amide bonds. The first kappa shape index (κ1) is 15.3. The second-order valence-electron chi connectivity index (χ2n) is 5.94. The maximum atomic E-state index is 14.1. The molecule has 1 unspecified atom stereocenters. The van der Waals surface area contributed by atoms with Gasteiger partial charge >= 0.3 is 0 Å². The van der Waals surface area contributed by atoms with Gasteiger partial charge in [0.05, 0.1) is 11.3 Å². The third-order valence-corrected chi connectivity index (χ3v) is 4.46. The van der Waals surface area contributed by atoms with E-state index in [2.05, 4.69) is 10.1 Å². The third kappa shape index (κ3) is 2.42. The fraction of sp³-hybridized carbons (Fsp3) is 0.105. The van der Waals surface area contributed by atoms with Gasteiger partial charge < -0.3 is 5.11 Å². The molecule has 1 atom stereocenters. The number of nitrogens with zero attached hydrogens (tertiary/aromatic N) is 3. The van der Waals surface area contributed by atoms with E-state index < -0.39 is 11.7 Å². The van der Waals surface area contributed by atoms with E-state index in [-0.39, 0.29) is 22.7 Å². The predicted octanol–water partition coefficient (Wildman–Crippen LogP) is 3.50. The van der Waals surface area contributed by atoms with Crippen LogP contribution in [0.5, 0.6) is 5.75 Å². The SMILES string of the molecule is CC1/C(=C\c2ccc(-n3cncn3)cc2)C(=O)c2c(O)ccc(F)c21. The van der Waals surface area contributed by atoms with Crippen molar-refractivity contribution in [1.82, 2.24) is 14.8 Å². The maximum Gasteiger partial charge on any atom is 0.193 e. The van der Waals surface area contributed by atoms with E-state index in [0.717, 1.165) is 11.3 Å². The molecule has 1 aliphatic carbocycles. The Bertz CT molecular complexity index is 992. The Labute approximate surface area is 143 Å². The van der Waals surface area contributed by atoms with Crippen LogP contribution in [0.3, 0.4) is 0 Å². The second-order valence-corrected chi connectivity index (χ2v) is 5.94. The molecule has 0 fully saturated rings. The van der Waals surface area contributed by atoms with E-state index in [1.165, 1.54) is 18.5 Å². The molecule has 0 saturated carbocycles. The smallest absolute Gasteiger partial charge is 0.193 e. The Morgan fingerprint density at radius 1 is 1.20 bits per heavy atom. The van der Waals surface area contributed by atoms with Gasteiger partial charge in [-0.25, -0.2) is 14.1 Å². The minimum Gasteiger partial charge on any atom is -0.507 e. The molecule has 1 aromatic heterocycles. The molecule has 4 rings (SSSR count). The van der Waals surface area contributed by atoms with Crippen molar-refractivity contribution in [2.75, 3.05) is 0 Å². The molecular formula is C19H14FN3O2. The number of aromatic nitrogens is 3. The molecule has 2 aromatic carbocycles. The van der Waals surface area contributed by atoms with Crippen molar-refractivity contribution < 1.29 is 14.3 Å². The molecule has 1 aliphatic rings. The van der Waals surface area contributed by atoms with E-state index in [1.807, 2.05) is 24.3 Å². The molecule has 124 valence electrons. The first-order valence-electron chi connectivity index (χ1n) is 7.79. The highest BCUT2D eigenvalue weighted by Gasteiger charge is 2.36. The minimum atomic E-state index is -0.474. The Morgan fingerprint density at radius 2 is 1.96 bits per heavy atom. The van der Waals surface area contributed by atoms with Gasteiger partial charge in [-0.15, -0.1) is 0 Å². The third-order valence-electron chi connectivity index (χ3n) is 4.46. The lowest BCUT2D eigenvalue weighted by molar-refractivity contribution is 0.103. The summed E-state index contributed by atoms with van der Waals surface area (Å²) in [5.41, 5.74) is 2.45. The number of phenols is 1. The summed E-state index contributed by atoms with van der Waals surface area (Å²) in [6.45, 7) is 1.77. The number of aromatic hydroxyl groups is 1. The maximum absolute atomic E-state index is 14.1. The quantitative estimate of drug-likeness (QED) is 0.728. The van der Waals surface area contributed by atoms with Gasteiger partial charge in [0, 0.05) is 17.1 Å². The van der Waals surface area contributed by atoms with Crippen LogP contribution in [0.4, 0.5) is 4.39 Å². The summed E-state index contributed by atoms with van der Waals surface area (Å²) >= 11 is 0. The Morgan fingerprint density at radius 3 is 2.60 bits per heavy atom. The van der Waals surface area contributed by atoms with Crippen LogP contribution in [0.1, 0.15) is 34.3 Å². The fourth-order valence-corrected chi connectivity index (χ4v) is 3.18. The number of halogens is 1. The van der Waals surface area contributed by atoms with Crippen molar-refractivity contribution in [3.05, 3.63) is 77.1 Å². The normalized spacial score (nSPS) is 17.9. The number of allylic oxidation sites excluding steroid dienone is 1. The Kier molecular flexibility index (Phi) is 3.46. The molecule has 5 nitrogen and oxygen atoms in total. The Hall–Kier alpha value is -3.28. The summed E-state index contributed by atoms with van der Waals surface area (Å²) in [6.07, 6.45) is 4.78. The molecule has 6 heteroatoms. The summed E-state index contributed by atoms with van der Waals surface area (Å²) in [7, 11) is 0. The van der Waals surface area contributed by atoms with Crippen LogP contribution in [0.25, 0.3) is 11.8 Å². The van der Waals surface area contributed by atoms with Crippen LogP contribution >= 0.6 is 0 Å². The van der Waals surface area contributed by atoms with E-state index in [0.29, 0.717) is 5.57 Å². The van der Waals surface area contributed by atoms with Crippen LogP contribution in [0.2, 0.25) is 0 Å². The molecule has 25 heavy (non-hydrogen) atoms. The van der Waals surface area contributed by atoms with E-state index in [4.69, 9.17) is 0 Å². The van der Waals surface area contributed by atoms with Crippen LogP contribution in [-0.2, 0) is 0 Å². The van der Waals surface area contributed by atoms with Crippen molar-refractivity contribution in [3.8, 4) is 11.4 Å². The number of carbonyl (C=O) groups is 1. The highest BCUT2D eigenvalue weighted by Crippen LogP contribution is 2.43. The average Bonchev–Trinajstić information content (AvgIpc) is 3.22. The molecule has 3 aromatic rings. The number of fused-ring (bicyclic) bond motifs is 1. The molecule has 0 radical (unpaired) electrons. The molecule has 0 bridgehead atoms. The van der Waals surface area contributed by atoms with E-state index in [9.17, 15) is 14.3 Å². The van der Waals surface area contributed by atoms with Crippen molar-refractivity contribution in [2.45, 2.75) is 12.8 Å². The zero-order valence-corrected chi connectivity index (χ0v) is 13.3. The highest BCUT2D eigenvalue weighted by molar-refractivity contribution is 6.18. The first-order chi connectivity index (χ1) is 12.1. The zero-order chi connectivity index (χ0) is 17.6. The molecule has 0 aliphatic heterocycles. The number of rotatable bonds is 2. The zero-order valence-electron chi connectivity index (χ0n) is 13.3. The predicted molar refractivity (Wildman–Crippen MR) is 90.1 cm³/mol. The molecule has 1 N–H and O–H groups in total. The second kappa shape index (κ2) is 5.66. The number of ketones is 1. The lowest BCUT2D eigenvalue weighted by Gasteiger charge is -2.07. The lowest BCUT2D eigenvalue weighted by atomic mass is 9.97. The summed E-state index contributed by atoms with van der Waals surface area (Å²) in [5.74, 6) is -1.40. The van der Waals surface area contributed by atoms with E-state index in [1.54, 1.807) is 24.0 Å². The number of hydrogen-bond acceptors (Lipinski definition) is 4. The summed E-state index contributed by atoms with van der Waals surface area (Å²) in [6, 6.07) is 9.82. The number of Topliss-reactive ketones (excluding diaryl/α,β-unsaturated/α-hetero) is 1. The molecule has 1 heterocycles. The molecule has 0 spiro atoms. The van der Waals surface area contributed by atoms with Gasteiger partial charge in [-0.1, -0.05) is 19.1 Å². The van der Waals surface area contributed by atoms with Crippen molar-refractivity contribution >= 4 is 11.9 Å². The number of carbonyl (C=O) groups excluding carboxylic acids is 1. The molecular weight excluding hydrogens is 321 g/mol. The van der Waals surface area contributed by atoms with Gasteiger partial charge in [0.15, 0.2) is 5.78 Å². The monoisotopic (exact) mass is 335 g/mol. The van der Waals surface area contributed by atoms with Crippen LogP contribution in [-0.4, -0.2) is 25.7 Å². The van der Waals surface area contributed by atoms with Crippen molar-refractivity contribution in [3.63, 3.8) is 0 Å². The minimum absolute atomic E-state index is 0.0676. The number of benzene rings is 2. The van der Waals surface area contributed by atoms with Gasteiger partial charge in [-0.3, -0.25) is 4.79 Å². The average molecular weight is 335 g/mol. The molecule has 0 saturated heterocycles. The van der Waals surface area contributed by atoms with Gasteiger partial charge in [-0.2, -0.15) is 5.10 Å². The van der Waals surface area contributed by atoms with Crippen LogP contribution < -0.4 is 0 Å². The topological polar surface area (TPSA) is 68.0 Å². The standard InChI is InChI=1S/C19H14FN3O2/c1-11-14(19(25)18-16(24)7-6-15(20)17(11)18)8-12-2-4-13(5-3-12)23-10-21-9-22-23/h2-11,24H,1H3/b14-8+. The van der Waals surface area contributed by atoms with Crippen LogP contribution in [0.15, 0.2) is 54.6 Å². The Balaban J connectivity index is 1.72. The first-order valence-corrected chi connectivity index (χ1v) is 7.79. The summed E-state index contributed by atoms with van der Waals surface area (Å²) in [4.78, 5) is 16.5. The van der Waals surface area contributed by atoms with Gasteiger partial charge in [-0.05, 0) is 35.9 Å². The van der Waals surface area contributed by atoms with Crippen molar-refractivity contribution in [1.29, 1.82) is 0 Å². The van der Waals surface area contributed by atoms with Gasteiger partial charge in [0.1, 0.15) is 24.2 Å². The van der Waals surface area contributed by atoms with E-state index >= 15 is 0 Å². The lowest BCUT2D eigenvalue weighted by Crippen LogP contribution is -1.98. The fourth-order valence-electron chi connectivity index (χ4n) is 3.18.